The number of aliphatic hydroxyl groups excluding tert-OH is 1. The van der Waals surface area contributed by atoms with Gasteiger partial charge in [0.15, 0.2) is 11.5 Å². The van der Waals surface area contributed by atoms with Crippen molar-refractivity contribution in [3.05, 3.63) is 41.2 Å². The summed E-state index contributed by atoms with van der Waals surface area (Å²) in [6.45, 7) is 4.33. The third-order valence-corrected chi connectivity index (χ3v) is 4.34. The molecule has 1 aliphatic rings. The summed E-state index contributed by atoms with van der Waals surface area (Å²) < 4.78 is 5.26. The number of ketones is 1. The molecule has 1 heterocycles. The molecule has 0 bridgehead atoms. The van der Waals surface area contributed by atoms with E-state index in [2.05, 4.69) is 6.92 Å². The highest BCUT2D eigenvalue weighted by Gasteiger charge is 2.42. The lowest BCUT2D eigenvalue weighted by Gasteiger charge is -2.27. The van der Waals surface area contributed by atoms with E-state index in [9.17, 15) is 14.7 Å². The highest BCUT2D eigenvalue weighted by molar-refractivity contribution is 6.08. The van der Waals surface area contributed by atoms with Gasteiger partial charge in [-0.2, -0.15) is 0 Å². The molecular formula is C19H25NO4. The second-order valence-corrected chi connectivity index (χ2v) is 5.92. The van der Waals surface area contributed by atoms with Crippen LogP contribution in [0.1, 0.15) is 51.1 Å². The quantitative estimate of drug-likeness (QED) is 0.740. The van der Waals surface area contributed by atoms with Gasteiger partial charge in [0, 0.05) is 13.0 Å². The van der Waals surface area contributed by atoms with Crippen LogP contribution in [0.5, 0.6) is 5.75 Å². The van der Waals surface area contributed by atoms with Crippen molar-refractivity contribution < 1.29 is 19.4 Å². The zero-order chi connectivity index (χ0) is 17.7. The maximum absolute atomic E-state index is 12.5. The summed E-state index contributed by atoms with van der Waals surface area (Å²) in [5.41, 5.74) is 0.979. The van der Waals surface area contributed by atoms with Crippen molar-refractivity contribution in [2.24, 2.45) is 0 Å². The van der Waals surface area contributed by atoms with Crippen molar-refractivity contribution in [2.45, 2.75) is 45.6 Å². The fourth-order valence-corrected chi connectivity index (χ4v) is 3.05. The number of benzene rings is 1. The number of amides is 1. The largest absolute Gasteiger partial charge is 0.503 e. The smallest absolute Gasteiger partial charge is 0.290 e. The van der Waals surface area contributed by atoms with Gasteiger partial charge in [-0.15, -0.1) is 0 Å². The van der Waals surface area contributed by atoms with E-state index in [1.54, 1.807) is 18.9 Å². The number of methoxy groups -OCH3 is 1. The Hall–Kier alpha value is -2.30. The van der Waals surface area contributed by atoms with E-state index in [0.717, 1.165) is 24.8 Å². The van der Waals surface area contributed by atoms with Crippen molar-refractivity contribution in [3.8, 4) is 5.75 Å². The molecule has 0 spiro atoms. The molecule has 0 aromatic heterocycles. The van der Waals surface area contributed by atoms with Gasteiger partial charge in [0.2, 0.25) is 0 Å². The summed E-state index contributed by atoms with van der Waals surface area (Å²) in [6.07, 6.45) is 3.11. The first-order chi connectivity index (χ1) is 11.5. The van der Waals surface area contributed by atoms with Gasteiger partial charge in [0.25, 0.3) is 5.91 Å². The molecule has 0 fully saturated rings. The first-order valence-electron chi connectivity index (χ1n) is 8.46. The van der Waals surface area contributed by atoms with E-state index in [1.165, 1.54) is 0 Å². The topological polar surface area (TPSA) is 66.8 Å². The molecule has 1 atom stereocenters. The highest BCUT2D eigenvalue weighted by Crippen LogP contribution is 2.39. The molecule has 1 amide bonds. The van der Waals surface area contributed by atoms with E-state index in [4.69, 9.17) is 4.74 Å². The minimum atomic E-state index is -0.545. The third-order valence-electron chi connectivity index (χ3n) is 4.34. The first kappa shape index (κ1) is 18.0. The van der Waals surface area contributed by atoms with Crippen molar-refractivity contribution in [2.75, 3.05) is 13.7 Å². The summed E-state index contributed by atoms with van der Waals surface area (Å²) in [4.78, 5) is 26.5. The normalized spacial score (nSPS) is 17.5. The van der Waals surface area contributed by atoms with Gasteiger partial charge in [0.1, 0.15) is 5.75 Å². The fraction of sp³-hybridized carbons (Fsp3) is 0.474. The SMILES string of the molecule is CCCCCN1C(=O)C(O)=C(C(=O)CC)C1c1cccc(OC)c1. The Morgan fingerprint density at radius 2 is 2.04 bits per heavy atom. The molecule has 0 radical (unpaired) electrons. The fourth-order valence-electron chi connectivity index (χ4n) is 3.05. The monoisotopic (exact) mass is 331 g/mol. The maximum atomic E-state index is 12.5. The second kappa shape index (κ2) is 7.99. The summed E-state index contributed by atoms with van der Waals surface area (Å²) in [7, 11) is 1.57. The van der Waals surface area contributed by atoms with Crippen LogP contribution in [0.15, 0.2) is 35.6 Å². The highest BCUT2D eigenvalue weighted by atomic mass is 16.5. The summed E-state index contributed by atoms with van der Waals surface area (Å²) in [5.74, 6) is -0.420. The Morgan fingerprint density at radius 1 is 1.29 bits per heavy atom. The van der Waals surface area contributed by atoms with E-state index >= 15 is 0 Å². The lowest BCUT2D eigenvalue weighted by molar-refractivity contribution is -0.129. The lowest BCUT2D eigenvalue weighted by Crippen LogP contribution is -2.32. The molecule has 0 aliphatic carbocycles. The van der Waals surface area contributed by atoms with Crippen molar-refractivity contribution in [1.82, 2.24) is 4.90 Å². The van der Waals surface area contributed by atoms with E-state index < -0.39 is 17.7 Å². The molecule has 0 saturated heterocycles. The van der Waals surface area contributed by atoms with Gasteiger partial charge in [-0.05, 0) is 24.1 Å². The molecule has 1 N–H and O–H groups in total. The van der Waals surface area contributed by atoms with Crippen molar-refractivity contribution in [1.29, 1.82) is 0 Å². The standard InChI is InChI=1S/C19H25NO4/c1-4-6-7-11-20-17(13-9-8-10-14(12-13)24-3)16(15(21)5-2)18(22)19(20)23/h8-10,12,17,22H,4-7,11H2,1-3H3. The molecule has 130 valence electrons. The Kier molecular flexibility index (Phi) is 6.01. The Bertz CT molecular complexity index is 651. The van der Waals surface area contributed by atoms with Gasteiger partial charge in [-0.3, -0.25) is 9.59 Å². The van der Waals surface area contributed by atoms with E-state index in [0.29, 0.717) is 12.3 Å². The molecule has 1 unspecified atom stereocenters. The van der Waals surface area contributed by atoms with Gasteiger partial charge in [0.05, 0.1) is 18.7 Å². The number of Topliss-reactive ketones (excluding diaryl/α,β-unsaturated/α-hetero) is 1. The number of nitrogens with zero attached hydrogens (tertiary/aromatic N) is 1. The number of rotatable bonds is 8. The van der Waals surface area contributed by atoms with Crippen molar-refractivity contribution in [3.63, 3.8) is 0 Å². The lowest BCUT2D eigenvalue weighted by atomic mass is 9.95. The number of aliphatic hydroxyl groups is 1. The first-order valence-corrected chi connectivity index (χ1v) is 8.46. The molecule has 0 saturated carbocycles. The zero-order valence-electron chi connectivity index (χ0n) is 14.5. The predicted molar refractivity (Wildman–Crippen MR) is 91.9 cm³/mol. The Balaban J connectivity index is 2.44. The van der Waals surface area contributed by atoms with Gasteiger partial charge in [-0.1, -0.05) is 38.8 Å². The predicted octanol–water partition coefficient (Wildman–Crippen LogP) is 3.56. The number of carbonyl (C=O) groups is 2. The van der Waals surface area contributed by atoms with E-state index in [1.807, 2.05) is 24.3 Å². The average Bonchev–Trinajstić information content (AvgIpc) is 2.86. The average molecular weight is 331 g/mol. The molecule has 24 heavy (non-hydrogen) atoms. The Labute approximate surface area is 142 Å². The number of carbonyl (C=O) groups excluding carboxylic acids is 2. The van der Waals surface area contributed by atoms with Crippen LogP contribution in [0.2, 0.25) is 0 Å². The van der Waals surface area contributed by atoms with Gasteiger partial charge >= 0.3 is 0 Å². The number of hydrogen-bond donors (Lipinski definition) is 1. The van der Waals surface area contributed by atoms with Crippen LogP contribution < -0.4 is 4.74 Å². The minimum absolute atomic E-state index is 0.201. The molecule has 5 nitrogen and oxygen atoms in total. The second-order valence-electron chi connectivity index (χ2n) is 5.92. The van der Waals surface area contributed by atoms with Crippen LogP contribution in [0, 0.1) is 0 Å². The van der Waals surface area contributed by atoms with Crippen LogP contribution in [0.25, 0.3) is 0 Å². The van der Waals surface area contributed by atoms with Crippen LogP contribution in [-0.4, -0.2) is 35.4 Å². The van der Waals surface area contributed by atoms with Gasteiger partial charge < -0.3 is 14.7 Å². The van der Waals surface area contributed by atoms with Crippen LogP contribution in [0.4, 0.5) is 0 Å². The summed E-state index contributed by atoms with van der Waals surface area (Å²) in [6, 6.07) is 6.76. The summed E-state index contributed by atoms with van der Waals surface area (Å²) in [5, 5.41) is 10.3. The molecule has 5 heteroatoms. The van der Waals surface area contributed by atoms with Crippen LogP contribution >= 0.6 is 0 Å². The van der Waals surface area contributed by atoms with Crippen molar-refractivity contribution >= 4 is 11.7 Å². The molecule has 1 aliphatic heterocycles. The summed E-state index contributed by atoms with van der Waals surface area (Å²) >= 11 is 0. The number of ether oxygens (including phenoxy) is 1. The molecule has 2 rings (SSSR count). The van der Waals surface area contributed by atoms with E-state index in [-0.39, 0.29) is 17.8 Å². The molecule has 1 aromatic rings. The third kappa shape index (κ3) is 3.45. The maximum Gasteiger partial charge on any atom is 0.290 e. The minimum Gasteiger partial charge on any atom is -0.503 e. The molecular weight excluding hydrogens is 306 g/mol. The number of hydrogen-bond acceptors (Lipinski definition) is 4. The number of unbranched alkanes of at least 4 members (excludes halogenated alkanes) is 2. The molecule has 1 aromatic carbocycles. The van der Waals surface area contributed by atoms with Crippen LogP contribution in [0.3, 0.4) is 0 Å². The Morgan fingerprint density at radius 3 is 2.67 bits per heavy atom. The van der Waals surface area contributed by atoms with Crippen LogP contribution in [-0.2, 0) is 9.59 Å². The zero-order valence-corrected chi connectivity index (χ0v) is 14.5. The van der Waals surface area contributed by atoms with Gasteiger partial charge in [-0.25, -0.2) is 0 Å².